The minimum Gasteiger partial charge on any atom is -0.493 e. The molecule has 4 rings (SSSR count). The van der Waals surface area contributed by atoms with Gasteiger partial charge in [0.15, 0.2) is 0 Å². The summed E-state index contributed by atoms with van der Waals surface area (Å²) in [6.07, 6.45) is 6.53. The summed E-state index contributed by atoms with van der Waals surface area (Å²) in [5, 5.41) is 16.8. The molecule has 182 valence electrons. The fraction of sp³-hybridized carbons (Fsp3) is 0.615. The summed E-state index contributed by atoms with van der Waals surface area (Å²) >= 11 is 0. The minimum absolute atomic E-state index is 0.173. The second-order valence-electron chi connectivity index (χ2n) is 11.2. The maximum absolute atomic E-state index is 12.4. The molecule has 1 aliphatic carbocycles. The fourth-order valence-electron chi connectivity index (χ4n) is 5.39. The Morgan fingerprint density at radius 1 is 1.18 bits per heavy atom. The maximum Gasteiger partial charge on any atom is 0.239 e. The summed E-state index contributed by atoms with van der Waals surface area (Å²) in [6.45, 7) is 11.3. The van der Waals surface area contributed by atoms with Crippen molar-refractivity contribution in [1.82, 2.24) is 4.57 Å². The molecule has 0 saturated heterocycles. The van der Waals surface area contributed by atoms with Crippen LogP contribution in [0.3, 0.4) is 0 Å². The van der Waals surface area contributed by atoms with Crippen molar-refractivity contribution in [3.63, 3.8) is 0 Å². The van der Waals surface area contributed by atoms with Gasteiger partial charge in [-0.1, -0.05) is 40.0 Å². The Morgan fingerprint density at radius 3 is 2.45 bits per heavy atom. The summed E-state index contributed by atoms with van der Waals surface area (Å²) in [5.74, 6) is 1.26. The smallest absolute Gasteiger partial charge is 0.239 e. The van der Waals surface area contributed by atoms with Gasteiger partial charge in [0.05, 0.1) is 12.2 Å². The lowest BCUT2D eigenvalue weighted by molar-refractivity contribution is 0.0140. The van der Waals surface area contributed by atoms with Gasteiger partial charge in [-0.25, -0.2) is 13.6 Å². The van der Waals surface area contributed by atoms with Crippen molar-refractivity contribution in [2.75, 3.05) is 6.61 Å². The van der Waals surface area contributed by atoms with E-state index in [0.717, 1.165) is 47.5 Å². The predicted molar refractivity (Wildman–Crippen MR) is 131 cm³/mol. The van der Waals surface area contributed by atoms with E-state index in [9.17, 15) is 13.5 Å². The van der Waals surface area contributed by atoms with Crippen LogP contribution in [0.4, 0.5) is 0 Å². The highest BCUT2D eigenvalue weighted by Crippen LogP contribution is 2.46. The Bertz CT molecular complexity index is 1130. The van der Waals surface area contributed by atoms with Crippen molar-refractivity contribution in [3.8, 4) is 17.0 Å². The van der Waals surface area contributed by atoms with Gasteiger partial charge >= 0.3 is 0 Å². The molecule has 1 aromatic heterocycles. The molecule has 1 unspecified atom stereocenters. The average molecular weight is 475 g/mol. The average Bonchev–Trinajstić information content (AvgIpc) is 3.04. The van der Waals surface area contributed by atoms with Crippen molar-refractivity contribution in [3.05, 3.63) is 35.0 Å². The van der Waals surface area contributed by atoms with Gasteiger partial charge in [0.2, 0.25) is 10.0 Å². The Labute approximate surface area is 198 Å². The molecule has 0 bridgehead atoms. The summed E-state index contributed by atoms with van der Waals surface area (Å²) in [4.78, 5) is 0.173. The number of hydrogen-bond acceptors (Lipinski definition) is 4. The van der Waals surface area contributed by atoms with Crippen LogP contribution in [0.15, 0.2) is 23.1 Å². The van der Waals surface area contributed by atoms with Gasteiger partial charge in [0, 0.05) is 35.5 Å². The van der Waals surface area contributed by atoms with Crippen LogP contribution >= 0.6 is 0 Å². The lowest BCUT2D eigenvalue weighted by Gasteiger charge is -2.35. The normalized spacial score (nSPS) is 22.2. The molecule has 1 fully saturated rings. The quantitative estimate of drug-likeness (QED) is 0.653. The topological polar surface area (TPSA) is 94.6 Å². The Morgan fingerprint density at radius 2 is 1.85 bits per heavy atom. The van der Waals surface area contributed by atoms with E-state index in [-0.39, 0.29) is 10.3 Å². The number of aromatic nitrogens is 1. The Balaban J connectivity index is 1.94. The first-order valence-electron chi connectivity index (χ1n) is 12.1. The Hall–Kier alpha value is -1.83. The van der Waals surface area contributed by atoms with Crippen molar-refractivity contribution in [2.24, 2.45) is 11.1 Å². The maximum atomic E-state index is 12.4. The number of aliphatic hydroxyl groups is 1. The number of ether oxygens (including phenoxy) is 1. The first-order chi connectivity index (χ1) is 15.3. The van der Waals surface area contributed by atoms with Gasteiger partial charge in [-0.2, -0.15) is 0 Å². The molecule has 1 atom stereocenters. The van der Waals surface area contributed by atoms with Gasteiger partial charge < -0.3 is 14.4 Å². The summed E-state index contributed by atoms with van der Waals surface area (Å²) in [7, 11) is -3.86. The SMILES string of the molecule is Cc1c(S(N)(=O)=O)cc(-c2cc(C(C)(C)C)c3c(c2)C(C)(O)CCO3)n1CC1CCCCC1. The van der Waals surface area contributed by atoms with E-state index in [0.29, 0.717) is 24.6 Å². The van der Waals surface area contributed by atoms with E-state index in [4.69, 9.17) is 9.88 Å². The summed E-state index contributed by atoms with van der Waals surface area (Å²) < 4.78 is 33.0. The van der Waals surface area contributed by atoms with Crippen LogP contribution in [-0.2, 0) is 27.6 Å². The van der Waals surface area contributed by atoms with E-state index < -0.39 is 15.6 Å². The number of hydrogen-bond donors (Lipinski definition) is 2. The molecular formula is C26H38N2O4S. The molecule has 0 amide bonds. The molecule has 0 radical (unpaired) electrons. The molecule has 2 aromatic rings. The first kappa shape index (κ1) is 24.3. The number of fused-ring (bicyclic) bond motifs is 1. The van der Waals surface area contributed by atoms with Crippen LogP contribution in [0.2, 0.25) is 0 Å². The monoisotopic (exact) mass is 474 g/mol. The van der Waals surface area contributed by atoms with Crippen molar-refractivity contribution >= 4 is 10.0 Å². The zero-order valence-corrected chi connectivity index (χ0v) is 21.4. The van der Waals surface area contributed by atoms with Crippen LogP contribution in [-0.4, -0.2) is 24.7 Å². The van der Waals surface area contributed by atoms with Crippen molar-refractivity contribution < 1.29 is 18.3 Å². The van der Waals surface area contributed by atoms with E-state index >= 15 is 0 Å². The first-order valence-corrected chi connectivity index (χ1v) is 13.6. The van der Waals surface area contributed by atoms with Gasteiger partial charge in [-0.15, -0.1) is 0 Å². The second-order valence-corrected chi connectivity index (χ2v) is 12.7. The Kier molecular flexibility index (Phi) is 6.21. The van der Waals surface area contributed by atoms with E-state index in [1.54, 1.807) is 6.07 Å². The molecular weight excluding hydrogens is 436 g/mol. The molecule has 1 aromatic carbocycles. The van der Waals surface area contributed by atoms with Gasteiger partial charge in [0.1, 0.15) is 10.6 Å². The minimum atomic E-state index is -3.86. The van der Waals surface area contributed by atoms with Gasteiger partial charge in [-0.05, 0) is 61.8 Å². The molecule has 2 heterocycles. The highest BCUT2D eigenvalue weighted by molar-refractivity contribution is 7.89. The fourth-order valence-corrected chi connectivity index (χ4v) is 6.18. The summed E-state index contributed by atoms with van der Waals surface area (Å²) in [5.41, 5.74) is 2.94. The zero-order chi connectivity index (χ0) is 24.2. The van der Waals surface area contributed by atoms with Crippen LogP contribution in [0.1, 0.15) is 83.0 Å². The number of benzene rings is 1. The molecule has 6 nitrogen and oxygen atoms in total. The van der Waals surface area contributed by atoms with Crippen molar-refractivity contribution in [1.29, 1.82) is 0 Å². The number of primary sulfonamides is 1. The van der Waals surface area contributed by atoms with Gasteiger partial charge in [-0.3, -0.25) is 0 Å². The highest BCUT2D eigenvalue weighted by atomic mass is 32.2. The zero-order valence-electron chi connectivity index (χ0n) is 20.6. The third-order valence-electron chi connectivity index (χ3n) is 7.40. The summed E-state index contributed by atoms with van der Waals surface area (Å²) in [6, 6.07) is 5.78. The lowest BCUT2D eigenvalue weighted by atomic mass is 9.79. The number of nitrogens with zero attached hydrogens (tertiary/aromatic N) is 1. The largest absolute Gasteiger partial charge is 0.493 e. The molecule has 2 aliphatic rings. The third kappa shape index (κ3) is 4.73. The standard InChI is InChI=1S/C26H38N2O4S/c1-17-23(33(27,30)31)15-22(28(17)16-18-9-7-6-8-10-18)19-13-20(25(2,3)4)24-21(14-19)26(5,29)11-12-32-24/h13-15,18,29H,6-12,16H2,1-5H3,(H2,27,30,31). The molecule has 7 heteroatoms. The van der Waals surface area contributed by atoms with E-state index in [1.807, 2.05) is 19.9 Å². The van der Waals surface area contributed by atoms with E-state index in [2.05, 4.69) is 31.4 Å². The highest BCUT2D eigenvalue weighted by Gasteiger charge is 2.36. The van der Waals surface area contributed by atoms with Crippen LogP contribution in [0, 0.1) is 12.8 Å². The molecule has 3 N–H and O–H groups in total. The van der Waals surface area contributed by atoms with Crippen molar-refractivity contribution in [2.45, 2.75) is 95.6 Å². The van der Waals surface area contributed by atoms with Crippen LogP contribution in [0.25, 0.3) is 11.3 Å². The molecule has 0 spiro atoms. The number of rotatable bonds is 4. The van der Waals surface area contributed by atoms with Crippen LogP contribution in [0.5, 0.6) is 5.75 Å². The predicted octanol–water partition coefficient (Wildman–Crippen LogP) is 4.98. The number of sulfonamides is 1. The van der Waals surface area contributed by atoms with Crippen LogP contribution < -0.4 is 9.88 Å². The van der Waals surface area contributed by atoms with Gasteiger partial charge in [0.25, 0.3) is 0 Å². The molecule has 1 aliphatic heterocycles. The second kappa shape index (κ2) is 8.43. The molecule has 1 saturated carbocycles. The lowest BCUT2D eigenvalue weighted by Crippen LogP contribution is -2.31. The third-order valence-corrected chi connectivity index (χ3v) is 8.43. The number of nitrogens with two attached hydrogens (primary N) is 1. The molecule has 33 heavy (non-hydrogen) atoms. The van der Waals surface area contributed by atoms with E-state index in [1.165, 1.54) is 19.3 Å².